The molecule has 3 rings (SSSR count). The second-order valence-corrected chi connectivity index (χ2v) is 5.90. The number of nitrogens with zero attached hydrogens (tertiary/aromatic N) is 3. The number of nitriles is 1. The van der Waals surface area contributed by atoms with Gasteiger partial charge in [0.1, 0.15) is 11.8 Å². The van der Waals surface area contributed by atoms with Crippen LogP contribution in [0.1, 0.15) is 11.6 Å². The molecule has 1 aromatic carbocycles. The van der Waals surface area contributed by atoms with Crippen LogP contribution in [0, 0.1) is 11.3 Å². The summed E-state index contributed by atoms with van der Waals surface area (Å²) in [6.07, 6.45) is 0. The number of anilines is 1. The molecule has 1 aromatic heterocycles. The number of nitrogens with one attached hydrogen (secondary N) is 1. The highest BCUT2D eigenvalue weighted by molar-refractivity contribution is 6.32. The SMILES string of the molecule is N#Cc1nc(COc2ccccc2Cl)oc1NCCN1CCOCC1. The molecular formula is C17H19ClN4O3. The Morgan fingerprint density at radius 1 is 1.32 bits per heavy atom. The lowest BCUT2D eigenvalue weighted by atomic mass is 10.3. The van der Waals surface area contributed by atoms with Crippen LogP contribution in [-0.4, -0.2) is 49.3 Å². The van der Waals surface area contributed by atoms with E-state index >= 15 is 0 Å². The van der Waals surface area contributed by atoms with Crippen LogP contribution in [0.4, 0.5) is 5.88 Å². The van der Waals surface area contributed by atoms with Crippen LogP contribution >= 0.6 is 11.6 Å². The average molecular weight is 363 g/mol. The van der Waals surface area contributed by atoms with Crippen LogP contribution in [0.3, 0.4) is 0 Å². The molecule has 1 aliphatic heterocycles. The molecule has 0 saturated carbocycles. The highest BCUT2D eigenvalue weighted by Gasteiger charge is 2.15. The van der Waals surface area contributed by atoms with Crippen LogP contribution in [0.15, 0.2) is 28.7 Å². The van der Waals surface area contributed by atoms with Crippen molar-refractivity contribution in [2.75, 3.05) is 44.7 Å². The lowest BCUT2D eigenvalue weighted by Crippen LogP contribution is -2.39. The van der Waals surface area contributed by atoms with Gasteiger partial charge in [-0.3, -0.25) is 4.90 Å². The van der Waals surface area contributed by atoms with Crippen molar-refractivity contribution in [1.82, 2.24) is 9.88 Å². The molecule has 132 valence electrons. The van der Waals surface area contributed by atoms with Gasteiger partial charge in [0, 0.05) is 26.2 Å². The standard InChI is InChI=1S/C17H19ClN4O3/c18-13-3-1-2-4-15(13)24-12-16-21-14(11-19)17(25-16)20-5-6-22-7-9-23-10-8-22/h1-4,20H,5-10,12H2. The second kappa shape index (κ2) is 8.72. The third-order valence-corrected chi connectivity index (χ3v) is 4.09. The first kappa shape index (κ1) is 17.5. The Bertz CT molecular complexity index is 738. The quantitative estimate of drug-likeness (QED) is 0.810. The van der Waals surface area contributed by atoms with E-state index in [9.17, 15) is 5.26 Å². The molecule has 25 heavy (non-hydrogen) atoms. The van der Waals surface area contributed by atoms with Gasteiger partial charge in [-0.1, -0.05) is 23.7 Å². The van der Waals surface area contributed by atoms with Crippen molar-refractivity contribution >= 4 is 17.5 Å². The van der Waals surface area contributed by atoms with Gasteiger partial charge in [-0.15, -0.1) is 0 Å². The van der Waals surface area contributed by atoms with Gasteiger partial charge in [-0.05, 0) is 12.1 Å². The minimum atomic E-state index is 0.101. The van der Waals surface area contributed by atoms with Gasteiger partial charge < -0.3 is 19.2 Å². The third kappa shape index (κ3) is 4.86. The van der Waals surface area contributed by atoms with E-state index in [4.69, 9.17) is 25.5 Å². The minimum Gasteiger partial charge on any atom is -0.482 e. The Hall–Kier alpha value is -2.27. The van der Waals surface area contributed by atoms with Gasteiger partial charge in [0.25, 0.3) is 0 Å². The van der Waals surface area contributed by atoms with Gasteiger partial charge >= 0.3 is 0 Å². The smallest absolute Gasteiger partial charge is 0.236 e. The first-order chi connectivity index (χ1) is 12.3. The maximum absolute atomic E-state index is 9.21. The number of morpholine rings is 1. The molecule has 1 aliphatic rings. The van der Waals surface area contributed by atoms with E-state index in [1.54, 1.807) is 12.1 Å². The summed E-state index contributed by atoms with van der Waals surface area (Å²) < 4.78 is 16.5. The summed E-state index contributed by atoms with van der Waals surface area (Å²) >= 11 is 6.04. The molecule has 0 radical (unpaired) electrons. The summed E-state index contributed by atoms with van der Waals surface area (Å²) in [4.78, 5) is 6.44. The summed E-state index contributed by atoms with van der Waals surface area (Å²) in [6.45, 7) is 4.96. The fourth-order valence-corrected chi connectivity index (χ4v) is 2.67. The van der Waals surface area contributed by atoms with Gasteiger partial charge in [0.15, 0.2) is 6.61 Å². The monoisotopic (exact) mass is 362 g/mol. The number of halogens is 1. The van der Waals surface area contributed by atoms with E-state index in [1.165, 1.54) is 0 Å². The molecule has 2 aromatic rings. The van der Waals surface area contributed by atoms with Gasteiger partial charge in [0.05, 0.1) is 18.2 Å². The highest BCUT2D eigenvalue weighted by atomic mass is 35.5. The Morgan fingerprint density at radius 2 is 2.12 bits per heavy atom. The van der Waals surface area contributed by atoms with E-state index in [2.05, 4.69) is 15.2 Å². The summed E-state index contributed by atoms with van der Waals surface area (Å²) in [5, 5.41) is 12.8. The lowest BCUT2D eigenvalue weighted by Gasteiger charge is -2.26. The molecular weight excluding hydrogens is 344 g/mol. The van der Waals surface area contributed by atoms with Crippen molar-refractivity contribution in [2.24, 2.45) is 0 Å². The predicted octanol–water partition coefficient (Wildman–Crippen LogP) is 2.52. The van der Waals surface area contributed by atoms with E-state index in [0.717, 1.165) is 32.8 Å². The number of aromatic nitrogens is 1. The molecule has 0 amide bonds. The number of ether oxygens (including phenoxy) is 2. The van der Waals surface area contributed by atoms with E-state index < -0.39 is 0 Å². The second-order valence-electron chi connectivity index (χ2n) is 5.50. The number of hydrogen-bond acceptors (Lipinski definition) is 7. The Balaban J connectivity index is 1.54. The van der Waals surface area contributed by atoms with E-state index in [0.29, 0.717) is 29.1 Å². The van der Waals surface area contributed by atoms with Crippen LogP contribution in [0.5, 0.6) is 5.75 Å². The van der Waals surface area contributed by atoms with Crippen LogP contribution in [0.25, 0.3) is 0 Å². The predicted molar refractivity (Wildman–Crippen MR) is 92.8 cm³/mol. The first-order valence-electron chi connectivity index (χ1n) is 8.07. The van der Waals surface area contributed by atoms with Gasteiger partial charge in [0.2, 0.25) is 17.5 Å². The maximum atomic E-state index is 9.21. The van der Waals surface area contributed by atoms with Crippen molar-refractivity contribution in [2.45, 2.75) is 6.61 Å². The topological polar surface area (TPSA) is 83.5 Å². The fourth-order valence-electron chi connectivity index (χ4n) is 2.48. The first-order valence-corrected chi connectivity index (χ1v) is 8.45. The average Bonchev–Trinajstić information content (AvgIpc) is 3.04. The lowest BCUT2D eigenvalue weighted by molar-refractivity contribution is 0.0398. The van der Waals surface area contributed by atoms with Crippen molar-refractivity contribution < 1.29 is 13.9 Å². The molecule has 8 heteroatoms. The number of oxazole rings is 1. The zero-order valence-corrected chi connectivity index (χ0v) is 14.5. The minimum absolute atomic E-state index is 0.101. The van der Waals surface area contributed by atoms with Crippen molar-refractivity contribution in [3.63, 3.8) is 0 Å². The summed E-state index contributed by atoms with van der Waals surface area (Å²) in [5.41, 5.74) is 0.222. The number of para-hydroxylation sites is 1. The summed E-state index contributed by atoms with van der Waals surface area (Å²) in [5.74, 6) is 1.24. The fraction of sp³-hybridized carbons (Fsp3) is 0.412. The molecule has 0 aliphatic carbocycles. The van der Waals surface area contributed by atoms with E-state index in [-0.39, 0.29) is 12.3 Å². The number of hydrogen-bond donors (Lipinski definition) is 1. The van der Waals surface area contributed by atoms with Crippen molar-refractivity contribution in [3.8, 4) is 11.8 Å². The Kier molecular flexibility index (Phi) is 6.12. The summed E-state index contributed by atoms with van der Waals surface area (Å²) in [7, 11) is 0. The molecule has 0 bridgehead atoms. The molecule has 1 fully saturated rings. The van der Waals surface area contributed by atoms with E-state index in [1.807, 2.05) is 18.2 Å². The van der Waals surface area contributed by atoms with Crippen LogP contribution in [0.2, 0.25) is 5.02 Å². The van der Waals surface area contributed by atoms with Crippen LogP contribution in [-0.2, 0) is 11.3 Å². The summed E-state index contributed by atoms with van der Waals surface area (Å²) in [6, 6.07) is 9.19. The maximum Gasteiger partial charge on any atom is 0.236 e. The molecule has 0 spiro atoms. The molecule has 1 saturated heterocycles. The Morgan fingerprint density at radius 3 is 2.88 bits per heavy atom. The zero-order valence-electron chi connectivity index (χ0n) is 13.7. The van der Waals surface area contributed by atoms with Crippen molar-refractivity contribution in [3.05, 3.63) is 40.9 Å². The third-order valence-electron chi connectivity index (χ3n) is 3.78. The largest absolute Gasteiger partial charge is 0.482 e. The molecule has 1 N–H and O–H groups in total. The normalized spacial score (nSPS) is 14.9. The number of benzene rings is 1. The molecule has 7 nitrogen and oxygen atoms in total. The molecule has 2 heterocycles. The highest BCUT2D eigenvalue weighted by Crippen LogP contribution is 2.25. The number of rotatable bonds is 7. The van der Waals surface area contributed by atoms with Gasteiger partial charge in [-0.25, -0.2) is 0 Å². The Labute approximate surface area is 151 Å². The molecule has 0 atom stereocenters. The van der Waals surface area contributed by atoms with Crippen molar-refractivity contribution in [1.29, 1.82) is 5.26 Å². The molecule has 0 unspecified atom stereocenters. The zero-order chi connectivity index (χ0) is 17.5. The van der Waals surface area contributed by atoms with Crippen LogP contribution < -0.4 is 10.1 Å². The van der Waals surface area contributed by atoms with Gasteiger partial charge in [-0.2, -0.15) is 10.2 Å².